The molecule has 0 N–H and O–H groups in total. The molecule has 0 amide bonds. The van der Waals surface area contributed by atoms with Crippen LogP contribution in [0.15, 0.2) is 0 Å². The summed E-state index contributed by atoms with van der Waals surface area (Å²) in [6.45, 7) is 4.20. The van der Waals surface area contributed by atoms with Crippen LogP contribution in [0, 0.1) is 17.4 Å². The minimum Gasteiger partial charge on any atom is -0.311 e. The maximum absolute atomic E-state index is 8.65. The smallest absolute Gasteiger partial charge is 0.179 e. The quantitative estimate of drug-likeness (QED) is 0.537. The minimum atomic E-state index is 0.869. The van der Waals surface area contributed by atoms with Gasteiger partial charge in [-0.2, -0.15) is 5.26 Å². The van der Waals surface area contributed by atoms with Crippen molar-refractivity contribution >= 4 is 0 Å². The number of rotatable bonds is 1. The fourth-order valence-electron chi connectivity index (χ4n) is 1.67. The summed E-state index contributed by atoms with van der Waals surface area (Å²) >= 11 is 0. The van der Waals surface area contributed by atoms with Crippen molar-refractivity contribution in [2.75, 3.05) is 13.1 Å². The van der Waals surface area contributed by atoms with Crippen molar-refractivity contribution in [3.05, 3.63) is 0 Å². The van der Waals surface area contributed by atoms with Gasteiger partial charge in [-0.05, 0) is 25.2 Å². The number of nitriles is 1. The molecule has 0 aromatic rings. The molecule has 1 aliphatic rings. The van der Waals surface area contributed by atoms with E-state index in [4.69, 9.17) is 5.26 Å². The lowest BCUT2D eigenvalue weighted by atomic mass is 9.98. The first-order chi connectivity index (χ1) is 5.36. The molecule has 0 bridgehead atoms. The molecule has 1 rings (SSSR count). The van der Waals surface area contributed by atoms with E-state index in [0.717, 1.165) is 19.0 Å². The van der Waals surface area contributed by atoms with E-state index in [-0.39, 0.29) is 0 Å². The van der Waals surface area contributed by atoms with E-state index in [2.05, 4.69) is 13.1 Å². The van der Waals surface area contributed by atoms with Gasteiger partial charge in [-0.3, -0.25) is 0 Å². The molecule has 2 heteroatoms. The van der Waals surface area contributed by atoms with Crippen molar-refractivity contribution in [3.8, 4) is 6.19 Å². The Kier molecular flexibility index (Phi) is 3.22. The van der Waals surface area contributed by atoms with Gasteiger partial charge in [-0.15, -0.1) is 0 Å². The van der Waals surface area contributed by atoms with Crippen molar-refractivity contribution in [1.29, 1.82) is 5.26 Å². The van der Waals surface area contributed by atoms with Crippen LogP contribution in [0.2, 0.25) is 0 Å². The number of likely N-dealkylation sites (tertiary alicyclic amines) is 1. The molecule has 1 saturated heterocycles. The van der Waals surface area contributed by atoms with Gasteiger partial charge in [0.2, 0.25) is 0 Å². The normalized spacial score (nSPS) is 25.8. The third kappa shape index (κ3) is 2.42. The van der Waals surface area contributed by atoms with Crippen LogP contribution in [0.3, 0.4) is 0 Å². The predicted molar refractivity (Wildman–Crippen MR) is 44.8 cm³/mol. The first-order valence-electron chi connectivity index (χ1n) is 4.51. The third-order valence-electron chi connectivity index (χ3n) is 2.57. The molecule has 1 atom stereocenters. The molecule has 0 spiro atoms. The van der Waals surface area contributed by atoms with E-state index in [0.29, 0.717) is 0 Å². The van der Waals surface area contributed by atoms with Crippen LogP contribution in [0.25, 0.3) is 0 Å². The molecule has 0 aromatic heterocycles. The Balaban J connectivity index is 2.34. The van der Waals surface area contributed by atoms with E-state index >= 15 is 0 Å². The first kappa shape index (κ1) is 8.39. The van der Waals surface area contributed by atoms with Gasteiger partial charge in [0.05, 0.1) is 0 Å². The standard InChI is InChI=1S/C9H16N2/c1-2-9-4-3-6-11(8-10)7-5-9/h9H,2-7H2,1H3. The number of hydrogen-bond donors (Lipinski definition) is 0. The van der Waals surface area contributed by atoms with Gasteiger partial charge in [-0.25, -0.2) is 0 Å². The first-order valence-corrected chi connectivity index (χ1v) is 4.51. The Morgan fingerprint density at radius 2 is 2.27 bits per heavy atom. The summed E-state index contributed by atoms with van der Waals surface area (Å²) in [5.74, 6) is 0.869. The minimum absolute atomic E-state index is 0.869. The second-order valence-electron chi connectivity index (χ2n) is 3.29. The highest BCUT2D eigenvalue weighted by Gasteiger charge is 2.13. The summed E-state index contributed by atoms with van der Waals surface area (Å²) in [5.41, 5.74) is 0. The van der Waals surface area contributed by atoms with E-state index in [1.54, 1.807) is 0 Å². The monoisotopic (exact) mass is 152 g/mol. The zero-order valence-corrected chi connectivity index (χ0v) is 7.21. The average Bonchev–Trinajstić information content (AvgIpc) is 2.28. The molecular weight excluding hydrogens is 136 g/mol. The van der Waals surface area contributed by atoms with Crippen molar-refractivity contribution in [2.24, 2.45) is 5.92 Å². The molecule has 0 radical (unpaired) electrons. The molecule has 0 saturated carbocycles. The number of nitrogens with zero attached hydrogens (tertiary/aromatic N) is 2. The molecule has 11 heavy (non-hydrogen) atoms. The predicted octanol–water partition coefficient (Wildman–Crippen LogP) is 1.98. The molecule has 62 valence electrons. The van der Waals surface area contributed by atoms with Crippen LogP contribution in [0.4, 0.5) is 0 Å². The Bertz CT molecular complexity index is 148. The zero-order chi connectivity index (χ0) is 8.10. The van der Waals surface area contributed by atoms with Crippen LogP contribution in [0.1, 0.15) is 32.6 Å². The van der Waals surface area contributed by atoms with Crippen LogP contribution in [-0.2, 0) is 0 Å². The summed E-state index contributed by atoms with van der Waals surface area (Å²) in [6.07, 6.45) is 7.23. The molecule has 0 aromatic carbocycles. The maximum Gasteiger partial charge on any atom is 0.179 e. The molecule has 1 aliphatic heterocycles. The summed E-state index contributed by atoms with van der Waals surface area (Å²) < 4.78 is 0. The lowest BCUT2D eigenvalue weighted by molar-refractivity contribution is 0.392. The Morgan fingerprint density at radius 1 is 1.45 bits per heavy atom. The fraction of sp³-hybridized carbons (Fsp3) is 0.889. The summed E-state index contributed by atoms with van der Waals surface area (Å²) in [6, 6.07) is 0. The lowest BCUT2D eigenvalue weighted by Gasteiger charge is -2.11. The Hall–Kier alpha value is -0.710. The second-order valence-corrected chi connectivity index (χ2v) is 3.29. The highest BCUT2D eigenvalue weighted by atomic mass is 15.1. The van der Waals surface area contributed by atoms with Crippen LogP contribution >= 0.6 is 0 Å². The maximum atomic E-state index is 8.65. The number of hydrogen-bond acceptors (Lipinski definition) is 2. The van der Waals surface area contributed by atoms with E-state index in [1.807, 2.05) is 4.90 Å². The third-order valence-corrected chi connectivity index (χ3v) is 2.57. The van der Waals surface area contributed by atoms with Crippen LogP contribution in [0.5, 0.6) is 0 Å². The van der Waals surface area contributed by atoms with E-state index in [1.165, 1.54) is 25.7 Å². The Morgan fingerprint density at radius 3 is 2.91 bits per heavy atom. The highest BCUT2D eigenvalue weighted by Crippen LogP contribution is 2.19. The van der Waals surface area contributed by atoms with Gasteiger partial charge in [0.1, 0.15) is 0 Å². The van der Waals surface area contributed by atoms with Gasteiger partial charge in [0.25, 0.3) is 0 Å². The van der Waals surface area contributed by atoms with Crippen molar-refractivity contribution < 1.29 is 0 Å². The largest absolute Gasteiger partial charge is 0.311 e. The second kappa shape index (κ2) is 4.23. The van der Waals surface area contributed by atoms with Crippen molar-refractivity contribution in [2.45, 2.75) is 32.6 Å². The average molecular weight is 152 g/mol. The molecule has 2 nitrogen and oxygen atoms in total. The van der Waals surface area contributed by atoms with Crippen molar-refractivity contribution in [3.63, 3.8) is 0 Å². The Labute approximate surface area is 68.8 Å². The zero-order valence-electron chi connectivity index (χ0n) is 7.21. The van der Waals surface area contributed by atoms with Gasteiger partial charge in [0.15, 0.2) is 6.19 Å². The fourth-order valence-corrected chi connectivity index (χ4v) is 1.67. The summed E-state index contributed by atoms with van der Waals surface area (Å²) in [7, 11) is 0. The van der Waals surface area contributed by atoms with Gasteiger partial charge < -0.3 is 4.90 Å². The highest BCUT2D eigenvalue weighted by molar-refractivity contribution is 4.77. The topological polar surface area (TPSA) is 27.0 Å². The lowest BCUT2D eigenvalue weighted by Crippen LogP contribution is -2.18. The van der Waals surface area contributed by atoms with E-state index in [9.17, 15) is 0 Å². The van der Waals surface area contributed by atoms with Gasteiger partial charge in [-0.1, -0.05) is 13.3 Å². The molecule has 1 fully saturated rings. The molecule has 0 aliphatic carbocycles. The summed E-state index contributed by atoms with van der Waals surface area (Å²) in [5, 5.41) is 8.65. The molecule has 1 heterocycles. The molecular formula is C9H16N2. The van der Waals surface area contributed by atoms with Gasteiger partial charge >= 0.3 is 0 Å². The van der Waals surface area contributed by atoms with Crippen molar-refractivity contribution in [1.82, 2.24) is 4.90 Å². The SMILES string of the molecule is CCC1CCCN(C#N)CC1. The molecule has 1 unspecified atom stereocenters. The van der Waals surface area contributed by atoms with Crippen LogP contribution in [-0.4, -0.2) is 18.0 Å². The van der Waals surface area contributed by atoms with Gasteiger partial charge in [0, 0.05) is 13.1 Å². The van der Waals surface area contributed by atoms with Crippen LogP contribution < -0.4 is 0 Å². The summed E-state index contributed by atoms with van der Waals surface area (Å²) in [4.78, 5) is 1.88. The van der Waals surface area contributed by atoms with E-state index < -0.39 is 0 Å².